The lowest BCUT2D eigenvalue weighted by molar-refractivity contribution is -0.562. The Hall–Kier alpha value is -2.53. The molecule has 0 atom stereocenters. The SMILES string of the molecule is Cn1cnnc1-c1cc(Cl)ccc1-c1cc[n+](C=O)c(C2CC2)c1. The number of hydrogen-bond donors (Lipinski definition) is 0. The van der Waals surface area contributed by atoms with Crippen molar-refractivity contribution in [3.63, 3.8) is 0 Å². The minimum Gasteiger partial charge on any atom is -0.317 e. The lowest BCUT2D eigenvalue weighted by atomic mass is 9.98. The van der Waals surface area contributed by atoms with E-state index in [4.69, 9.17) is 11.6 Å². The summed E-state index contributed by atoms with van der Waals surface area (Å²) in [6.07, 6.45) is 6.62. The van der Waals surface area contributed by atoms with E-state index in [2.05, 4.69) is 16.3 Å². The van der Waals surface area contributed by atoms with Gasteiger partial charge in [0, 0.05) is 35.7 Å². The van der Waals surface area contributed by atoms with E-state index < -0.39 is 0 Å². The Morgan fingerprint density at radius 3 is 2.75 bits per heavy atom. The molecule has 0 saturated heterocycles. The average molecular weight is 340 g/mol. The maximum absolute atomic E-state index is 11.3. The van der Waals surface area contributed by atoms with Gasteiger partial charge in [-0.15, -0.1) is 14.8 Å². The molecule has 0 radical (unpaired) electrons. The molecule has 2 heterocycles. The Kier molecular flexibility index (Phi) is 3.65. The van der Waals surface area contributed by atoms with E-state index in [-0.39, 0.29) is 0 Å². The maximum atomic E-state index is 11.3. The van der Waals surface area contributed by atoms with Gasteiger partial charge >= 0.3 is 6.41 Å². The summed E-state index contributed by atoms with van der Waals surface area (Å²) >= 11 is 6.21. The second kappa shape index (κ2) is 5.83. The minimum absolute atomic E-state index is 0.473. The molecule has 0 unspecified atom stereocenters. The monoisotopic (exact) mass is 339 g/mol. The van der Waals surface area contributed by atoms with Crippen molar-refractivity contribution in [1.29, 1.82) is 0 Å². The molecule has 1 saturated carbocycles. The number of benzene rings is 1. The molecule has 0 bridgehead atoms. The van der Waals surface area contributed by atoms with Crippen LogP contribution in [-0.2, 0) is 11.8 Å². The van der Waals surface area contributed by atoms with Gasteiger partial charge in [0.1, 0.15) is 6.33 Å². The molecule has 0 N–H and O–H groups in total. The molecular weight excluding hydrogens is 324 g/mol. The van der Waals surface area contributed by atoms with Gasteiger partial charge in [-0.25, -0.2) is 4.79 Å². The molecule has 4 rings (SSSR count). The highest BCUT2D eigenvalue weighted by Gasteiger charge is 2.32. The molecule has 1 fully saturated rings. The van der Waals surface area contributed by atoms with Gasteiger partial charge in [0.25, 0.3) is 0 Å². The van der Waals surface area contributed by atoms with Gasteiger partial charge in [-0.1, -0.05) is 17.7 Å². The van der Waals surface area contributed by atoms with Crippen molar-refractivity contribution in [2.24, 2.45) is 7.05 Å². The zero-order valence-electron chi connectivity index (χ0n) is 13.2. The van der Waals surface area contributed by atoms with E-state index in [1.54, 1.807) is 10.9 Å². The van der Waals surface area contributed by atoms with Crippen LogP contribution in [0.3, 0.4) is 0 Å². The van der Waals surface area contributed by atoms with E-state index in [0.29, 0.717) is 10.9 Å². The molecule has 5 nitrogen and oxygen atoms in total. The highest BCUT2D eigenvalue weighted by Crippen LogP contribution is 2.40. The first kappa shape index (κ1) is 15.0. The number of halogens is 1. The zero-order chi connectivity index (χ0) is 16.7. The summed E-state index contributed by atoms with van der Waals surface area (Å²) in [5.41, 5.74) is 4.05. The zero-order valence-corrected chi connectivity index (χ0v) is 13.9. The van der Waals surface area contributed by atoms with Crippen LogP contribution in [0.5, 0.6) is 0 Å². The molecule has 24 heavy (non-hydrogen) atoms. The summed E-state index contributed by atoms with van der Waals surface area (Å²) in [5, 5.41) is 8.83. The van der Waals surface area contributed by atoms with E-state index in [0.717, 1.165) is 47.5 Å². The molecule has 6 heteroatoms. The topological polar surface area (TPSA) is 51.7 Å². The quantitative estimate of drug-likeness (QED) is 0.542. The average Bonchev–Trinajstić information content (AvgIpc) is 3.35. The van der Waals surface area contributed by atoms with Crippen molar-refractivity contribution in [2.75, 3.05) is 0 Å². The van der Waals surface area contributed by atoms with E-state index in [9.17, 15) is 4.79 Å². The molecule has 3 aromatic rings. The highest BCUT2D eigenvalue weighted by atomic mass is 35.5. The second-order valence-corrected chi connectivity index (χ2v) is 6.52. The van der Waals surface area contributed by atoms with Crippen molar-refractivity contribution < 1.29 is 9.36 Å². The summed E-state index contributed by atoms with van der Waals surface area (Å²) in [6, 6.07) is 9.80. The Morgan fingerprint density at radius 1 is 1.25 bits per heavy atom. The molecule has 1 aliphatic rings. The van der Waals surface area contributed by atoms with Crippen LogP contribution in [-0.4, -0.2) is 21.2 Å². The van der Waals surface area contributed by atoms with Crippen LogP contribution in [0.25, 0.3) is 22.5 Å². The van der Waals surface area contributed by atoms with Crippen LogP contribution in [0.2, 0.25) is 5.02 Å². The van der Waals surface area contributed by atoms with Gasteiger partial charge in [-0.05, 0) is 36.1 Å². The number of aryl methyl sites for hydroxylation is 1. The van der Waals surface area contributed by atoms with Crippen LogP contribution in [0.4, 0.5) is 0 Å². The first-order valence-electron chi connectivity index (χ1n) is 7.82. The van der Waals surface area contributed by atoms with Crippen LogP contribution < -0.4 is 4.57 Å². The summed E-state index contributed by atoms with van der Waals surface area (Å²) in [5.74, 6) is 1.23. The summed E-state index contributed by atoms with van der Waals surface area (Å²) in [6.45, 7) is 0. The molecule has 1 aromatic carbocycles. The van der Waals surface area contributed by atoms with Gasteiger partial charge in [-0.2, -0.15) is 0 Å². The number of rotatable bonds is 4. The predicted molar refractivity (Wildman–Crippen MR) is 91.2 cm³/mol. The van der Waals surface area contributed by atoms with E-state index in [1.165, 1.54) is 0 Å². The molecule has 1 aliphatic carbocycles. The fourth-order valence-corrected chi connectivity index (χ4v) is 3.15. The number of aromatic nitrogens is 4. The third kappa shape index (κ3) is 2.61. The highest BCUT2D eigenvalue weighted by molar-refractivity contribution is 6.31. The van der Waals surface area contributed by atoms with E-state index in [1.807, 2.05) is 42.1 Å². The Bertz CT molecular complexity index is 931. The normalized spacial score (nSPS) is 13.9. The standard InChI is InChI=1S/C18H16ClN4O/c1-22-10-20-21-18(22)16-9-14(19)4-5-15(16)13-6-7-23(11-24)17(8-13)12-2-3-12/h4-12H,2-3H2,1H3/q+1. The Labute approximate surface area is 144 Å². The van der Waals surface area contributed by atoms with Crippen molar-refractivity contribution in [2.45, 2.75) is 18.8 Å². The van der Waals surface area contributed by atoms with Gasteiger partial charge in [0.2, 0.25) is 0 Å². The fraction of sp³-hybridized carbons (Fsp3) is 0.222. The molecule has 0 aliphatic heterocycles. The molecule has 120 valence electrons. The van der Waals surface area contributed by atoms with Crippen LogP contribution in [0, 0.1) is 0 Å². The van der Waals surface area contributed by atoms with Crippen LogP contribution >= 0.6 is 11.6 Å². The smallest absolute Gasteiger partial charge is 0.317 e. The third-order valence-corrected chi connectivity index (χ3v) is 4.61. The molecule has 2 aromatic heterocycles. The number of pyridine rings is 1. The van der Waals surface area contributed by atoms with Gasteiger partial charge in [0.15, 0.2) is 17.7 Å². The molecule has 0 spiro atoms. The van der Waals surface area contributed by atoms with Crippen molar-refractivity contribution in [1.82, 2.24) is 14.8 Å². The van der Waals surface area contributed by atoms with Crippen molar-refractivity contribution in [3.05, 3.63) is 53.6 Å². The van der Waals surface area contributed by atoms with E-state index >= 15 is 0 Å². The largest absolute Gasteiger partial charge is 0.380 e. The number of carbonyl (C=O) groups is 1. The Balaban J connectivity index is 1.90. The van der Waals surface area contributed by atoms with Crippen molar-refractivity contribution in [3.8, 4) is 22.5 Å². The second-order valence-electron chi connectivity index (χ2n) is 6.08. The van der Waals surface area contributed by atoms with Crippen LogP contribution in [0.1, 0.15) is 24.5 Å². The number of hydrogen-bond acceptors (Lipinski definition) is 3. The summed E-state index contributed by atoms with van der Waals surface area (Å²) < 4.78 is 3.53. The van der Waals surface area contributed by atoms with Crippen LogP contribution in [0.15, 0.2) is 42.9 Å². The molecule has 0 amide bonds. The first-order chi connectivity index (χ1) is 11.7. The summed E-state index contributed by atoms with van der Waals surface area (Å²) in [7, 11) is 1.90. The van der Waals surface area contributed by atoms with Gasteiger partial charge in [-0.3, -0.25) is 0 Å². The Morgan fingerprint density at radius 2 is 2.08 bits per heavy atom. The van der Waals surface area contributed by atoms with Gasteiger partial charge in [0.05, 0.1) is 0 Å². The van der Waals surface area contributed by atoms with Crippen molar-refractivity contribution >= 4 is 18.0 Å². The first-order valence-corrected chi connectivity index (χ1v) is 8.20. The predicted octanol–water partition coefficient (Wildman–Crippen LogP) is 3.01. The third-order valence-electron chi connectivity index (χ3n) is 4.37. The maximum Gasteiger partial charge on any atom is 0.380 e. The van der Waals surface area contributed by atoms with Gasteiger partial charge < -0.3 is 4.57 Å². The lowest BCUT2D eigenvalue weighted by Crippen LogP contribution is -2.37. The number of carbonyl (C=O) groups excluding carboxylic acids is 1. The minimum atomic E-state index is 0.473. The number of nitrogens with zero attached hydrogens (tertiary/aromatic N) is 4. The lowest BCUT2D eigenvalue weighted by Gasteiger charge is -2.10. The molecular formula is C18H16ClN4O+. The summed E-state index contributed by atoms with van der Waals surface area (Å²) in [4.78, 5) is 11.3. The fourth-order valence-electron chi connectivity index (χ4n) is 2.98.